The van der Waals surface area contributed by atoms with Crippen molar-refractivity contribution in [1.29, 1.82) is 0 Å². The third kappa shape index (κ3) is 3.89. The molecule has 1 saturated heterocycles. The Morgan fingerprint density at radius 1 is 1.24 bits per heavy atom. The van der Waals surface area contributed by atoms with Gasteiger partial charge >= 0.3 is 0 Å². The fraction of sp³-hybridized carbons (Fsp3) is 0.368. The second kappa shape index (κ2) is 7.85. The Morgan fingerprint density at radius 3 is 2.84 bits per heavy atom. The number of benzene rings is 1. The lowest BCUT2D eigenvalue weighted by molar-refractivity contribution is -0.136. The number of hydrogen-bond donors (Lipinski definition) is 1. The highest BCUT2D eigenvalue weighted by molar-refractivity contribution is 9.10. The molecule has 0 spiro atoms. The zero-order valence-corrected chi connectivity index (χ0v) is 16.2. The first-order valence-corrected chi connectivity index (χ1v) is 9.20. The van der Waals surface area contributed by atoms with E-state index in [2.05, 4.69) is 49.3 Å². The molecule has 3 atom stereocenters. The number of nitrogens with one attached hydrogen (secondary N) is 1. The van der Waals surface area contributed by atoms with Gasteiger partial charge in [0, 0.05) is 42.4 Å². The predicted molar refractivity (Wildman–Crippen MR) is 104 cm³/mol. The van der Waals surface area contributed by atoms with Crippen LogP contribution in [0.5, 0.6) is 0 Å². The predicted octanol–water partition coefficient (Wildman–Crippen LogP) is 3.54. The summed E-state index contributed by atoms with van der Waals surface area (Å²) in [6.45, 7) is 2.42. The molecular formula is C19H21BrClN3O. The van der Waals surface area contributed by atoms with Crippen LogP contribution in [-0.4, -0.2) is 35.4 Å². The number of amides is 1. The van der Waals surface area contributed by atoms with Crippen LogP contribution in [0.4, 0.5) is 0 Å². The summed E-state index contributed by atoms with van der Waals surface area (Å²) in [6.07, 6.45) is 4.60. The summed E-state index contributed by atoms with van der Waals surface area (Å²) in [5.74, 6) is 0.770. The lowest BCUT2D eigenvalue weighted by Gasteiger charge is -2.36. The number of halogens is 2. The average molecular weight is 423 g/mol. The molecule has 2 fully saturated rings. The molecule has 1 aliphatic heterocycles. The maximum atomic E-state index is 13.1. The molecule has 132 valence electrons. The molecule has 1 saturated carbocycles. The van der Waals surface area contributed by atoms with E-state index < -0.39 is 0 Å². The van der Waals surface area contributed by atoms with Gasteiger partial charge in [-0.1, -0.05) is 34.1 Å². The Kier molecular flexibility index (Phi) is 5.77. The zero-order valence-electron chi connectivity index (χ0n) is 13.8. The summed E-state index contributed by atoms with van der Waals surface area (Å²) in [5.41, 5.74) is 2.37. The van der Waals surface area contributed by atoms with Gasteiger partial charge in [0.2, 0.25) is 5.91 Å². The third-order valence-electron chi connectivity index (χ3n) is 4.98. The number of aromatic nitrogens is 1. The van der Waals surface area contributed by atoms with Crippen molar-refractivity contribution in [2.75, 3.05) is 19.6 Å². The van der Waals surface area contributed by atoms with E-state index in [1.807, 2.05) is 24.4 Å². The van der Waals surface area contributed by atoms with Crippen molar-refractivity contribution in [3.8, 4) is 0 Å². The van der Waals surface area contributed by atoms with E-state index in [1.165, 1.54) is 5.56 Å². The molecular weight excluding hydrogens is 402 g/mol. The highest BCUT2D eigenvalue weighted by Gasteiger charge is 2.47. The first kappa shape index (κ1) is 18.4. The fourth-order valence-corrected chi connectivity index (χ4v) is 4.04. The average Bonchev–Trinajstić information content (AvgIpc) is 3.43. The molecule has 6 heteroatoms. The van der Waals surface area contributed by atoms with Gasteiger partial charge in [-0.05, 0) is 41.7 Å². The number of carbonyl (C=O) groups is 1. The maximum Gasteiger partial charge on any atom is 0.226 e. The van der Waals surface area contributed by atoms with Crippen molar-refractivity contribution in [1.82, 2.24) is 15.2 Å². The summed E-state index contributed by atoms with van der Waals surface area (Å²) >= 11 is 3.52. The van der Waals surface area contributed by atoms with Crippen LogP contribution < -0.4 is 5.32 Å². The van der Waals surface area contributed by atoms with Crippen LogP contribution in [0.1, 0.15) is 29.5 Å². The number of pyridine rings is 1. The van der Waals surface area contributed by atoms with Gasteiger partial charge in [0.1, 0.15) is 0 Å². The minimum atomic E-state index is 0. The lowest BCUT2D eigenvalue weighted by Crippen LogP contribution is -2.49. The van der Waals surface area contributed by atoms with Crippen molar-refractivity contribution in [3.05, 3.63) is 64.4 Å². The Labute approximate surface area is 162 Å². The molecule has 3 unspecified atom stereocenters. The monoisotopic (exact) mass is 421 g/mol. The minimum absolute atomic E-state index is 0. The molecule has 25 heavy (non-hydrogen) atoms. The normalized spacial score (nSPS) is 25.2. The van der Waals surface area contributed by atoms with Gasteiger partial charge in [0.05, 0.1) is 6.04 Å². The molecule has 1 N–H and O–H groups in total. The topological polar surface area (TPSA) is 45.2 Å². The van der Waals surface area contributed by atoms with Gasteiger partial charge in [0.15, 0.2) is 0 Å². The highest BCUT2D eigenvalue weighted by atomic mass is 79.9. The second-order valence-corrected chi connectivity index (χ2v) is 7.46. The van der Waals surface area contributed by atoms with Crippen molar-refractivity contribution < 1.29 is 4.79 Å². The van der Waals surface area contributed by atoms with Gasteiger partial charge in [-0.25, -0.2) is 0 Å². The van der Waals surface area contributed by atoms with Crippen LogP contribution in [-0.2, 0) is 4.79 Å². The van der Waals surface area contributed by atoms with Crippen molar-refractivity contribution in [3.63, 3.8) is 0 Å². The standard InChI is InChI=1S/C19H20BrN3O.ClH/c20-15-5-1-3-13(9-15)16-10-17(16)19(24)23-8-7-22-12-18(23)14-4-2-6-21-11-14;/h1-6,9,11,16-18,22H,7-8,10,12H2;1H. The molecule has 1 amide bonds. The summed E-state index contributed by atoms with van der Waals surface area (Å²) in [5, 5.41) is 3.40. The van der Waals surface area contributed by atoms with Crippen LogP contribution in [0.2, 0.25) is 0 Å². The Bertz CT molecular complexity index is 742. The molecule has 2 heterocycles. The molecule has 4 rings (SSSR count). The Hall–Kier alpha value is -1.43. The molecule has 2 aliphatic rings. The smallest absolute Gasteiger partial charge is 0.226 e. The van der Waals surface area contributed by atoms with Gasteiger partial charge in [-0.2, -0.15) is 0 Å². The van der Waals surface area contributed by atoms with E-state index in [0.29, 0.717) is 5.92 Å². The lowest BCUT2D eigenvalue weighted by atomic mass is 10.0. The van der Waals surface area contributed by atoms with Crippen LogP contribution in [0, 0.1) is 5.92 Å². The highest BCUT2D eigenvalue weighted by Crippen LogP contribution is 2.49. The van der Waals surface area contributed by atoms with E-state index in [0.717, 1.165) is 36.1 Å². The summed E-state index contributed by atoms with van der Waals surface area (Å²) in [7, 11) is 0. The van der Waals surface area contributed by atoms with Gasteiger partial charge in [-0.15, -0.1) is 12.4 Å². The van der Waals surface area contributed by atoms with Crippen LogP contribution in [0.25, 0.3) is 0 Å². The Balaban J connectivity index is 0.00000182. The quantitative estimate of drug-likeness (QED) is 0.823. The number of rotatable bonds is 3. The Morgan fingerprint density at radius 2 is 2.08 bits per heavy atom. The molecule has 1 aliphatic carbocycles. The molecule has 1 aromatic heterocycles. The number of piperazine rings is 1. The van der Waals surface area contributed by atoms with Crippen LogP contribution >= 0.6 is 28.3 Å². The summed E-state index contributed by atoms with van der Waals surface area (Å²) < 4.78 is 1.08. The van der Waals surface area contributed by atoms with Gasteiger partial charge in [-0.3, -0.25) is 9.78 Å². The van der Waals surface area contributed by atoms with E-state index in [9.17, 15) is 4.79 Å². The summed E-state index contributed by atoms with van der Waals surface area (Å²) in [6, 6.07) is 12.4. The fourth-order valence-electron chi connectivity index (χ4n) is 3.63. The summed E-state index contributed by atoms with van der Waals surface area (Å²) in [4.78, 5) is 19.3. The second-order valence-electron chi connectivity index (χ2n) is 6.54. The first-order valence-electron chi connectivity index (χ1n) is 8.40. The van der Waals surface area contributed by atoms with Crippen molar-refractivity contribution >= 4 is 34.2 Å². The number of hydrogen-bond acceptors (Lipinski definition) is 3. The van der Waals surface area contributed by atoms with E-state index in [4.69, 9.17) is 0 Å². The molecule has 1 aromatic carbocycles. The molecule has 2 aromatic rings. The first-order chi connectivity index (χ1) is 11.7. The van der Waals surface area contributed by atoms with Gasteiger partial charge < -0.3 is 10.2 Å². The van der Waals surface area contributed by atoms with E-state index in [1.54, 1.807) is 6.20 Å². The third-order valence-corrected chi connectivity index (χ3v) is 5.47. The largest absolute Gasteiger partial charge is 0.333 e. The molecule has 0 bridgehead atoms. The van der Waals surface area contributed by atoms with E-state index in [-0.39, 0.29) is 30.3 Å². The van der Waals surface area contributed by atoms with Crippen molar-refractivity contribution in [2.45, 2.75) is 18.4 Å². The van der Waals surface area contributed by atoms with E-state index >= 15 is 0 Å². The number of nitrogens with zero attached hydrogens (tertiary/aromatic N) is 2. The van der Waals surface area contributed by atoms with Crippen LogP contribution in [0.3, 0.4) is 0 Å². The number of carbonyl (C=O) groups excluding carboxylic acids is 1. The van der Waals surface area contributed by atoms with Crippen LogP contribution in [0.15, 0.2) is 53.3 Å². The molecule has 4 nitrogen and oxygen atoms in total. The minimum Gasteiger partial charge on any atom is -0.333 e. The maximum absolute atomic E-state index is 13.1. The zero-order chi connectivity index (χ0) is 16.5. The van der Waals surface area contributed by atoms with Gasteiger partial charge in [0.25, 0.3) is 0 Å². The van der Waals surface area contributed by atoms with Crippen molar-refractivity contribution in [2.24, 2.45) is 5.92 Å². The molecule has 0 radical (unpaired) electrons. The SMILES string of the molecule is Cl.O=C(C1CC1c1cccc(Br)c1)N1CCNCC1c1cccnc1.